The van der Waals surface area contributed by atoms with Gasteiger partial charge in [-0.2, -0.15) is 0 Å². The van der Waals surface area contributed by atoms with Crippen LogP contribution in [0.5, 0.6) is 28.7 Å². The number of alkyl carbamates (subject to hydrolysis) is 5. The normalized spacial score (nSPS) is 24.0. The van der Waals surface area contributed by atoms with Gasteiger partial charge in [-0.3, -0.25) is 29.2 Å². The first kappa shape index (κ1) is 112. The monoisotopic (exact) mass is 1890 g/mol. The molecule has 34 heteroatoms. The van der Waals surface area contributed by atoms with Gasteiger partial charge in [0.25, 0.3) is 0 Å². The van der Waals surface area contributed by atoms with Crippen molar-refractivity contribution in [1.82, 2.24) is 51.5 Å². The molecule has 135 heavy (non-hydrogen) atoms. The van der Waals surface area contributed by atoms with Crippen LogP contribution in [0.15, 0.2) is 121 Å². The van der Waals surface area contributed by atoms with E-state index in [2.05, 4.69) is 123 Å². The predicted molar refractivity (Wildman–Crippen MR) is 510 cm³/mol. The van der Waals surface area contributed by atoms with Crippen LogP contribution in [-0.2, 0) is 78.7 Å². The zero-order chi connectivity index (χ0) is 98.6. The van der Waals surface area contributed by atoms with E-state index in [-0.39, 0.29) is 90.2 Å². The largest absolute Gasteiger partial charge is 1.00 e. The van der Waals surface area contributed by atoms with Crippen molar-refractivity contribution >= 4 is 62.7 Å². The van der Waals surface area contributed by atoms with Crippen molar-refractivity contribution in [2.24, 2.45) is 0 Å². The maximum Gasteiger partial charge on any atom is 1.00 e. The summed E-state index contributed by atoms with van der Waals surface area (Å²) in [6.07, 6.45) is 16.3. The van der Waals surface area contributed by atoms with Gasteiger partial charge in [0.1, 0.15) is 63.0 Å². The molecule has 10 aliphatic rings. The Labute approximate surface area is 822 Å². The molecule has 5 aromatic carbocycles. The van der Waals surface area contributed by atoms with Gasteiger partial charge >= 0.3 is 72.0 Å². The van der Waals surface area contributed by atoms with Gasteiger partial charge in [0.15, 0.2) is 0 Å². The zero-order valence-corrected chi connectivity index (χ0v) is 86.1. The SMILES string of the molecule is CC(=O)OOC(C)=O.CC(C)(C)OC(=O)N[C@H]1C[C@H]2CC[C@@H]1N2.COc1ccc(C=O)cc1.COc1ccc(CN2[C@@H]3CC[C@H]2[C@@H](NC(=O)OC(C)(C)C)C3)cc1.COc1ccc(CN2[C@@H]3CC[C@H]2[C@@H](NC(=O)OC(C)(C)C)C3)cc1.COc1ccc(CN2[C@H]3CC[C@@H]2[C@H](NC(=O)OC(C)(C)C)C3)cc1.COc1ccc(CN2[C@H]3CC[C@@H]2[C@H](NC(=O)OC(C)(C)C)C3)cc1.[B-]OC(C)=O.[Na+]. The molecule has 6 N–H and O–H groups in total. The average molecular weight is 1890 g/mol. The quantitative estimate of drug-likeness (QED) is 0.0147. The fraction of sp³-hybridized carbons (Fsp3) is 0.614. The Balaban J connectivity index is 0.000000218. The number of carbonyl (C=O) groups is 9. The number of hydrogen-bond acceptors (Lipinski definition) is 27. The van der Waals surface area contributed by atoms with Crippen molar-refractivity contribution in [2.45, 2.75) is 366 Å². The summed E-state index contributed by atoms with van der Waals surface area (Å²) in [4.78, 5) is 117. The van der Waals surface area contributed by atoms with Gasteiger partial charge in [0.2, 0.25) is 5.97 Å². The van der Waals surface area contributed by atoms with Crippen LogP contribution < -0.4 is 85.1 Å². The van der Waals surface area contributed by atoms with E-state index in [1.54, 1.807) is 59.8 Å². The molecule has 739 valence electrons. The van der Waals surface area contributed by atoms with Crippen LogP contribution in [0.3, 0.4) is 0 Å². The molecule has 10 heterocycles. The van der Waals surface area contributed by atoms with Crippen LogP contribution in [0.1, 0.15) is 254 Å². The van der Waals surface area contributed by atoms with Gasteiger partial charge in [-0.15, -0.1) is 0 Å². The second kappa shape index (κ2) is 52.3. The third-order valence-corrected chi connectivity index (χ3v) is 24.3. The molecule has 5 aromatic rings. The van der Waals surface area contributed by atoms with E-state index < -0.39 is 45.9 Å². The summed E-state index contributed by atoms with van der Waals surface area (Å²) in [7, 11) is 12.6. The molecule has 10 bridgehead atoms. The standard InChI is InChI=1S/4C19H28N2O3.C11H20N2O2.C8H8O2.C4H6O4.C2H3BO2.Na/c4*1-19(2,3)24-18(22)20-16-11-14-7-10-17(16)21(14)12-13-5-8-15(23-4)9-6-13;1-11(2,3)15-10(14)13-9-6-7-4-5-8(9)12-7;1-10-8-4-2-7(6-9)3-5-8;1-3(5)7-8-4(2)6;1-2(4)5-3;/h4*5-6,8-9,14,16-17H,7,10-12H2,1-4H3,(H,20,22);7-9,12H,4-6H2,1-3H3,(H,13,14);2-6H,1H3;1-2H3;1H3;/q;;;;;;;-1;+1/t4*14-,16+,17+;7-,8+,9+;;;;/m11001..../s1. The third-order valence-electron chi connectivity index (χ3n) is 24.3. The van der Waals surface area contributed by atoms with Crippen LogP contribution >= 0.6 is 0 Å². The van der Waals surface area contributed by atoms with Gasteiger partial charge in [-0.05, 0) is 295 Å². The minimum Gasteiger partial charge on any atom is -0.793 e. The Kier molecular flexibility index (Phi) is 43.5. The van der Waals surface area contributed by atoms with Crippen LogP contribution in [-0.4, -0.2) is 236 Å². The smallest absolute Gasteiger partial charge is 0.793 e. The van der Waals surface area contributed by atoms with Gasteiger partial charge in [0, 0.05) is 143 Å². The van der Waals surface area contributed by atoms with E-state index in [0.29, 0.717) is 66.0 Å². The molecular formula is C101H149BN10NaO22. The first-order valence-corrected chi connectivity index (χ1v) is 46.7. The molecule has 32 nitrogen and oxygen atoms in total. The molecule has 0 saturated carbocycles. The van der Waals surface area contributed by atoms with Crippen LogP contribution in [0.4, 0.5) is 24.0 Å². The van der Waals surface area contributed by atoms with E-state index in [1.807, 2.05) is 152 Å². The second-order valence-corrected chi connectivity index (χ2v) is 40.4. The number of aldehydes is 1. The maximum atomic E-state index is 12.1. The zero-order valence-electron chi connectivity index (χ0n) is 84.1. The molecule has 0 spiro atoms. The molecule has 0 aromatic heterocycles. The Morgan fingerprint density at radius 3 is 0.733 bits per heavy atom. The van der Waals surface area contributed by atoms with Crippen molar-refractivity contribution in [3.63, 3.8) is 0 Å². The first-order chi connectivity index (χ1) is 63.1. The van der Waals surface area contributed by atoms with E-state index in [1.165, 1.54) is 67.7 Å². The number of hydrogen-bond donors (Lipinski definition) is 6. The summed E-state index contributed by atoms with van der Waals surface area (Å²) < 4.78 is 56.2. The van der Waals surface area contributed by atoms with E-state index in [9.17, 15) is 43.2 Å². The van der Waals surface area contributed by atoms with Gasteiger partial charge in [-0.1, -0.05) is 48.5 Å². The minimum absolute atomic E-state index is 0. The second-order valence-electron chi connectivity index (χ2n) is 40.4. The molecule has 15 rings (SSSR count). The molecule has 10 fully saturated rings. The number of amides is 5. The number of ether oxygens (including phenoxy) is 10. The van der Waals surface area contributed by atoms with E-state index in [4.69, 9.17) is 47.4 Å². The number of carbonyl (C=O) groups excluding carboxylic acids is 9. The molecule has 3 radical (unpaired) electrons. The summed E-state index contributed by atoms with van der Waals surface area (Å²) in [6, 6.07) is 45.8. The average Bonchev–Trinajstić information content (AvgIpc) is 1.64. The third kappa shape index (κ3) is 38.0. The Bertz CT molecular complexity index is 4110. The predicted octanol–water partition coefficient (Wildman–Crippen LogP) is 12.9. The molecule has 10 saturated heterocycles. The Morgan fingerprint density at radius 2 is 0.556 bits per heavy atom. The topological polar surface area (TPSA) is 359 Å². The molecule has 0 aliphatic carbocycles. The van der Waals surface area contributed by atoms with Crippen molar-refractivity contribution in [3.8, 4) is 28.7 Å². The molecule has 0 unspecified atom stereocenters. The van der Waals surface area contributed by atoms with Crippen LogP contribution in [0.2, 0.25) is 0 Å². The molecular weight excluding hydrogens is 1740 g/mol. The number of nitrogens with one attached hydrogen (secondary N) is 6. The number of rotatable bonds is 19. The van der Waals surface area contributed by atoms with Gasteiger partial charge < -0.3 is 92.0 Å². The fourth-order valence-corrected chi connectivity index (χ4v) is 18.9. The summed E-state index contributed by atoms with van der Waals surface area (Å²) in [6.45, 7) is 35.6. The number of methoxy groups -OCH3 is 5. The molecule has 10 aliphatic heterocycles. The number of fused-ring (bicyclic) bond motifs is 10. The van der Waals surface area contributed by atoms with Crippen molar-refractivity contribution in [2.75, 3.05) is 35.5 Å². The number of nitrogens with zero attached hydrogens (tertiary/aromatic N) is 4. The van der Waals surface area contributed by atoms with Gasteiger partial charge in [-0.25, -0.2) is 43.3 Å². The summed E-state index contributed by atoms with van der Waals surface area (Å²) in [5.74, 6) is 2.55. The fourth-order valence-electron chi connectivity index (χ4n) is 18.9. The van der Waals surface area contributed by atoms with E-state index in [0.717, 1.165) is 133 Å². The number of benzene rings is 5. The Morgan fingerprint density at radius 1 is 0.333 bits per heavy atom. The Hall–Kier alpha value is -9.61. The molecule has 15 atom stereocenters. The van der Waals surface area contributed by atoms with Crippen molar-refractivity contribution in [1.29, 1.82) is 0 Å². The van der Waals surface area contributed by atoms with E-state index >= 15 is 0 Å². The van der Waals surface area contributed by atoms with Crippen molar-refractivity contribution in [3.05, 3.63) is 149 Å². The summed E-state index contributed by atoms with van der Waals surface area (Å²) >= 11 is 0. The van der Waals surface area contributed by atoms with Crippen molar-refractivity contribution < 1.29 is 135 Å². The summed E-state index contributed by atoms with van der Waals surface area (Å²) in [5, 5.41) is 18.7. The van der Waals surface area contributed by atoms with Crippen LogP contribution in [0.25, 0.3) is 0 Å². The summed E-state index contributed by atoms with van der Waals surface area (Å²) in [5.41, 5.74) is 3.58. The maximum absolute atomic E-state index is 12.1. The van der Waals surface area contributed by atoms with Crippen LogP contribution in [0, 0.1) is 0 Å². The minimum atomic E-state index is -0.639. The molecule has 5 amide bonds. The first-order valence-electron chi connectivity index (χ1n) is 46.7. The van der Waals surface area contributed by atoms with Gasteiger partial charge in [0.05, 0.1) is 35.5 Å².